The van der Waals surface area contributed by atoms with Crippen LogP contribution in [0.1, 0.15) is 45.6 Å². The third-order valence-corrected chi connectivity index (χ3v) is 4.16. The summed E-state index contributed by atoms with van der Waals surface area (Å²) in [5.41, 5.74) is 6.73. The van der Waals surface area contributed by atoms with Crippen molar-refractivity contribution in [3.63, 3.8) is 0 Å². The Balaban J connectivity index is 2.24. The molecule has 120 valence electrons. The van der Waals surface area contributed by atoms with Crippen LogP contribution in [0.4, 0.5) is 0 Å². The van der Waals surface area contributed by atoms with Gasteiger partial charge in [0.15, 0.2) is 0 Å². The minimum absolute atomic E-state index is 0.585. The van der Waals surface area contributed by atoms with Gasteiger partial charge in [0.1, 0.15) is 5.75 Å². The van der Waals surface area contributed by atoms with Crippen LogP contribution < -0.4 is 10.5 Å². The number of nitrogens with two attached hydrogens (primary N) is 1. The van der Waals surface area contributed by atoms with E-state index in [2.05, 4.69) is 25.7 Å². The van der Waals surface area contributed by atoms with Crippen molar-refractivity contribution in [1.82, 2.24) is 4.90 Å². The third-order valence-electron chi connectivity index (χ3n) is 4.16. The summed E-state index contributed by atoms with van der Waals surface area (Å²) in [6.45, 7) is 11.6. The van der Waals surface area contributed by atoms with Crippen molar-refractivity contribution in [2.45, 2.75) is 46.6 Å². The van der Waals surface area contributed by atoms with Crippen molar-refractivity contribution in [3.8, 4) is 5.75 Å². The Morgan fingerprint density at radius 2 is 1.76 bits per heavy atom. The molecule has 1 aromatic carbocycles. The van der Waals surface area contributed by atoms with Crippen molar-refractivity contribution < 1.29 is 4.74 Å². The quantitative estimate of drug-likeness (QED) is 0.632. The molecule has 1 aromatic rings. The highest BCUT2D eigenvalue weighted by molar-refractivity contribution is 5.26. The van der Waals surface area contributed by atoms with Crippen molar-refractivity contribution in [2.75, 3.05) is 26.2 Å². The van der Waals surface area contributed by atoms with Gasteiger partial charge < -0.3 is 15.4 Å². The summed E-state index contributed by atoms with van der Waals surface area (Å²) in [5, 5.41) is 0. The second-order valence-electron chi connectivity index (χ2n) is 5.63. The molecule has 0 saturated heterocycles. The highest BCUT2D eigenvalue weighted by Crippen LogP contribution is 2.13. The number of ether oxygens (including phenoxy) is 1. The van der Waals surface area contributed by atoms with Gasteiger partial charge in [-0.25, -0.2) is 0 Å². The monoisotopic (exact) mass is 292 g/mol. The highest BCUT2D eigenvalue weighted by atomic mass is 16.5. The van der Waals surface area contributed by atoms with Crippen molar-refractivity contribution in [1.29, 1.82) is 0 Å². The van der Waals surface area contributed by atoms with Crippen LogP contribution in [0.15, 0.2) is 24.3 Å². The Labute approximate surface area is 130 Å². The fourth-order valence-electron chi connectivity index (χ4n) is 2.49. The van der Waals surface area contributed by atoms with Crippen LogP contribution in [-0.2, 0) is 6.54 Å². The van der Waals surface area contributed by atoms with Gasteiger partial charge in [-0.05, 0) is 36.6 Å². The largest absolute Gasteiger partial charge is 0.494 e. The number of hydrogen-bond acceptors (Lipinski definition) is 3. The lowest BCUT2D eigenvalue weighted by Gasteiger charge is -2.25. The molecule has 2 N–H and O–H groups in total. The molecule has 0 saturated carbocycles. The molecule has 0 aliphatic carbocycles. The summed E-state index contributed by atoms with van der Waals surface area (Å²) < 4.78 is 5.79. The summed E-state index contributed by atoms with van der Waals surface area (Å²) in [5.74, 6) is 1.77. The van der Waals surface area contributed by atoms with E-state index in [1.807, 2.05) is 24.3 Å². The predicted octanol–water partition coefficient (Wildman–Crippen LogP) is 3.67. The van der Waals surface area contributed by atoms with Crippen molar-refractivity contribution in [3.05, 3.63) is 29.8 Å². The average molecular weight is 292 g/mol. The maximum absolute atomic E-state index is 5.79. The molecule has 0 amide bonds. The van der Waals surface area contributed by atoms with Crippen LogP contribution in [0.2, 0.25) is 0 Å². The van der Waals surface area contributed by atoms with Gasteiger partial charge in [0.25, 0.3) is 0 Å². The minimum Gasteiger partial charge on any atom is -0.494 e. The number of rotatable bonds is 11. The lowest BCUT2D eigenvalue weighted by Crippen LogP contribution is -2.30. The molecule has 0 atom stereocenters. The third kappa shape index (κ3) is 6.96. The predicted molar refractivity (Wildman–Crippen MR) is 90.6 cm³/mol. The zero-order valence-electron chi connectivity index (χ0n) is 14.0. The summed E-state index contributed by atoms with van der Waals surface area (Å²) in [7, 11) is 0. The molecule has 21 heavy (non-hydrogen) atoms. The van der Waals surface area contributed by atoms with E-state index >= 15 is 0 Å². The standard InChI is InChI=1S/C18H32N2O/c1-4-16(5-2)15-20(6-3)12-7-13-21-18-10-8-17(14-19)9-11-18/h8-11,16H,4-7,12-15,19H2,1-3H3. The van der Waals surface area contributed by atoms with Gasteiger partial charge in [-0.2, -0.15) is 0 Å². The molecule has 0 unspecified atom stereocenters. The molecule has 0 aromatic heterocycles. The molecule has 0 aliphatic heterocycles. The van der Waals surface area contributed by atoms with Crippen LogP contribution in [-0.4, -0.2) is 31.1 Å². The molecule has 3 heteroatoms. The molecule has 0 heterocycles. The van der Waals surface area contributed by atoms with E-state index in [0.29, 0.717) is 6.54 Å². The van der Waals surface area contributed by atoms with Crippen molar-refractivity contribution >= 4 is 0 Å². The molecule has 1 rings (SSSR count). The highest BCUT2D eigenvalue weighted by Gasteiger charge is 2.09. The fourth-order valence-corrected chi connectivity index (χ4v) is 2.49. The Morgan fingerprint density at radius 3 is 2.29 bits per heavy atom. The first-order valence-electron chi connectivity index (χ1n) is 8.37. The van der Waals surface area contributed by atoms with Crippen LogP contribution in [0.25, 0.3) is 0 Å². The van der Waals surface area contributed by atoms with Gasteiger partial charge >= 0.3 is 0 Å². The Morgan fingerprint density at radius 1 is 1.10 bits per heavy atom. The van der Waals surface area contributed by atoms with Crippen LogP contribution in [0, 0.1) is 5.92 Å². The average Bonchev–Trinajstić information content (AvgIpc) is 2.55. The van der Waals surface area contributed by atoms with E-state index in [4.69, 9.17) is 10.5 Å². The summed E-state index contributed by atoms with van der Waals surface area (Å²) in [6.07, 6.45) is 3.63. The maximum Gasteiger partial charge on any atom is 0.119 e. The minimum atomic E-state index is 0.585. The van der Waals surface area contributed by atoms with Gasteiger partial charge in [0.05, 0.1) is 6.61 Å². The maximum atomic E-state index is 5.79. The number of benzene rings is 1. The van der Waals surface area contributed by atoms with E-state index in [9.17, 15) is 0 Å². The van der Waals surface area contributed by atoms with E-state index in [-0.39, 0.29) is 0 Å². The lowest BCUT2D eigenvalue weighted by molar-refractivity contribution is 0.209. The topological polar surface area (TPSA) is 38.5 Å². The Kier molecular flexibility index (Phi) is 9.11. The summed E-state index contributed by atoms with van der Waals surface area (Å²) in [4.78, 5) is 2.54. The van der Waals surface area contributed by atoms with E-state index in [0.717, 1.165) is 43.3 Å². The summed E-state index contributed by atoms with van der Waals surface area (Å²) >= 11 is 0. The zero-order valence-corrected chi connectivity index (χ0v) is 14.0. The first-order valence-corrected chi connectivity index (χ1v) is 8.37. The SMILES string of the molecule is CCC(CC)CN(CC)CCCOc1ccc(CN)cc1. The van der Waals surface area contributed by atoms with Crippen molar-refractivity contribution in [2.24, 2.45) is 11.7 Å². The molecule has 3 nitrogen and oxygen atoms in total. The second-order valence-corrected chi connectivity index (χ2v) is 5.63. The summed E-state index contributed by atoms with van der Waals surface area (Å²) in [6, 6.07) is 8.06. The number of hydrogen-bond donors (Lipinski definition) is 1. The van der Waals surface area contributed by atoms with Crippen LogP contribution in [0.5, 0.6) is 5.75 Å². The Hall–Kier alpha value is -1.06. The van der Waals surface area contributed by atoms with Gasteiger partial charge in [-0.3, -0.25) is 0 Å². The van der Waals surface area contributed by atoms with Gasteiger partial charge in [0, 0.05) is 19.6 Å². The van der Waals surface area contributed by atoms with Crippen LogP contribution in [0.3, 0.4) is 0 Å². The first kappa shape index (κ1) is 18.0. The smallest absolute Gasteiger partial charge is 0.119 e. The Bertz CT molecular complexity index is 360. The van der Waals surface area contributed by atoms with Gasteiger partial charge in [-0.15, -0.1) is 0 Å². The second kappa shape index (κ2) is 10.6. The molecular weight excluding hydrogens is 260 g/mol. The van der Waals surface area contributed by atoms with Gasteiger partial charge in [-0.1, -0.05) is 45.7 Å². The zero-order chi connectivity index (χ0) is 15.5. The molecule has 0 fully saturated rings. The fraction of sp³-hybridized carbons (Fsp3) is 0.667. The molecule has 0 aliphatic rings. The number of nitrogens with zero attached hydrogens (tertiary/aromatic N) is 1. The van der Waals surface area contributed by atoms with Gasteiger partial charge in [0.2, 0.25) is 0 Å². The normalized spacial score (nSPS) is 11.3. The van der Waals surface area contributed by atoms with E-state index in [1.54, 1.807) is 0 Å². The molecule has 0 radical (unpaired) electrons. The lowest BCUT2D eigenvalue weighted by atomic mass is 10.0. The van der Waals surface area contributed by atoms with E-state index in [1.165, 1.54) is 19.4 Å². The molecular formula is C18H32N2O. The molecule has 0 bridgehead atoms. The molecule has 0 spiro atoms. The van der Waals surface area contributed by atoms with Crippen LogP contribution >= 0.6 is 0 Å². The van der Waals surface area contributed by atoms with E-state index < -0.39 is 0 Å². The first-order chi connectivity index (χ1) is 10.2.